The lowest BCUT2D eigenvalue weighted by Gasteiger charge is -2.10. The number of aliphatic hydroxyl groups is 1. The van der Waals surface area contributed by atoms with Crippen LogP contribution in [0.25, 0.3) is 0 Å². The van der Waals surface area contributed by atoms with Crippen LogP contribution in [0.15, 0.2) is 16.6 Å². The Morgan fingerprint density at radius 1 is 1.33 bits per heavy atom. The molecule has 1 rings (SSSR count). The monoisotopic (exact) mass is 272 g/mol. The van der Waals surface area contributed by atoms with Crippen LogP contribution in [0, 0.1) is 13.8 Å². The van der Waals surface area contributed by atoms with Crippen LogP contribution in [0.3, 0.4) is 0 Å². The molecule has 1 atom stereocenters. The SMILES string of the molecule is Cc1cc(OCCC(C)O)cc(C)c1Br. The van der Waals surface area contributed by atoms with Crippen molar-refractivity contribution < 1.29 is 9.84 Å². The zero-order chi connectivity index (χ0) is 11.4. The van der Waals surface area contributed by atoms with Crippen molar-refractivity contribution in [3.05, 3.63) is 27.7 Å². The second kappa shape index (κ2) is 5.52. The van der Waals surface area contributed by atoms with Crippen LogP contribution in [0.5, 0.6) is 5.75 Å². The van der Waals surface area contributed by atoms with Gasteiger partial charge in [0.15, 0.2) is 0 Å². The Hall–Kier alpha value is -0.540. The summed E-state index contributed by atoms with van der Waals surface area (Å²) < 4.78 is 6.68. The molecule has 2 nitrogen and oxygen atoms in total. The summed E-state index contributed by atoms with van der Waals surface area (Å²) in [6.07, 6.45) is 0.358. The molecule has 84 valence electrons. The normalized spacial score (nSPS) is 12.6. The first-order valence-corrected chi connectivity index (χ1v) is 5.87. The fourth-order valence-corrected chi connectivity index (χ4v) is 1.57. The maximum atomic E-state index is 9.10. The molecule has 0 aliphatic rings. The molecule has 15 heavy (non-hydrogen) atoms. The molecule has 0 radical (unpaired) electrons. The number of hydrogen-bond acceptors (Lipinski definition) is 2. The Morgan fingerprint density at radius 3 is 2.33 bits per heavy atom. The Bertz CT molecular complexity index is 311. The van der Waals surface area contributed by atoms with Gasteiger partial charge < -0.3 is 9.84 Å². The predicted molar refractivity (Wildman–Crippen MR) is 65.4 cm³/mol. The fourth-order valence-electron chi connectivity index (χ4n) is 1.34. The van der Waals surface area contributed by atoms with E-state index < -0.39 is 0 Å². The van der Waals surface area contributed by atoms with E-state index in [1.807, 2.05) is 26.0 Å². The van der Waals surface area contributed by atoms with Crippen LogP contribution in [0.4, 0.5) is 0 Å². The van der Waals surface area contributed by atoms with Crippen molar-refractivity contribution in [2.75, 3.05) is 6.61 Å². The third-order valence-electron chi connectivity index (χ3n) is 2.21. The standard InChI is InChI=1S/C12H17BrO2/c1-8-6-11(7-9(2)12(8)13)15-5-4-10(3)14/h6-7,10,14H,4-5H2,1-3H3. The maximum absolute atomic E-state index is 9.10. The molecule has 0 bridgehead atoms. The van der Waals surface area contributed by atoms with Gasteiger partial charge >= 0.3 is 0 Å². The lowest BCUT2D eigenvalue weighted by molar-refractivity contribution is 0.155. The lowest BCUT2D eigenvalue weighted by atomic mass is 10.1. The van der Waals surface area contributed by atoms with Crippen LogP contribution in [-0.4, -0.2) is 17.8 Å². The Labute approximate surface area is 99.4 Å². The van der Waals surface area contributed by atoms with Gasteiger partial charge in [0.2, 0.25) is 0 Å². The molecule has 1 aromatic carbocycles. The van der Waals surface area contributed by atoms with Crippen molar-refractivity contribution >= 4 is 15.9 Å². The highest BCUT2D eigenvalue weighted by atomic mass is 79.9. The number of hydrogen-bond donors (Lipinski definition) is 1. The molecule has 0 heterocycles. The van der Waals surface area contributed by atoms with Gasteiger partial charge in [0, 0.05) is 10.9 Å². The van der Waals surface area contributed by atoms with Crippen molar-refractivity contribution in [2.24, 2.45) is 0 Å². The summed E-state index contributed by atoms with van der Waals surface area (Å²) in [5, 5.41) is 9.10. The molecule has 3 heteroatoms. The van der Waals surface area contributed by atoms with E-state index in [1.165, 1.54) is 11.1 Å². The molecule has 0 spiro atoms. The summed E-state index contributed by atoms with van der Waals surface area (Å²) in [5.74, 6) is 0.869. The molecule has 0 saturated carbocycles. The number of aryl methyl sites for hydroxylation is 2. The van der Waals surface area contributed by atoms with E-state index in [-0.39, 0.29) is 6.10 Å². The van der Waals surface area contributed by atoms with E-state index in [9.17, 15) is 0 Å². The van der Waals surface area contributed by atoms with Crippen LogP contribution < -0.4 is 4.74 Å². The largest absolute Gasteiger partial charge is 0.493 e. The van der Waals surface area contributed by atoms with Gasteiger partial charge in [-0.2, -0.15) is 0 Å². The minimum Gasteiger partial charge on any atom is -0.493 e. The maximum Gasteiger partial charge on any atom is 0.119 e. The molecule has 0 amide bonds. The van der Waals surface area contributed by atoms with E-state index in [1.54, 1.807) is 6.92 Å². The summed E-state index contributed by atoms with van der Waals surface area (Å²) in [7, 11) is 0. The average molecular weight is 273 g/mol. The number of benzene rings is 1. The number of halogens is 1. The smallest absolute Gasteiger partial charge is 0.119 e. The topological polar surface area (TPSA) is 29.5 Å². The lowest BCUT2D eigenvalue weighted by Crippen LogP contribution is -2.07. The van der Waals surface area contributed by atoms with E-state index in [0.717, 1.165) is 10.2 Å². The summed E-state index contributed by atoms with van der Waals surface area (Å²) in [5.41, 5.74) is 2.34. The predicted octanol–water partition coefficient (Wildman–Crippen LogP) is 3.22. The molecule has 0 saturated heterocycles. The van der Waals surface area contributed by atoms with Crippen molar-refractivity contribution in [1.82, 2.24) is 0 Å². The third-order valence-corrected chi connectivity index (χ3v) is 3.47. The van der Waals surface area contributed by atoms with Crippen molar-refractivity contribution in [3.63, 3.8) is 0 Å². The van der Waals surface area contributed by atoms with Crippen LogP contribution in [0.1, 0.15) is 24.5 Å². The first kappa shape index (κ1) is 12.5. The Balaban J connectivity index is 2.63. The van der Waals surface area contributed by atoms with Gasteiger partial charge in [0.1, 0.15) is 5.75 Å². The molecule has 1 N–H and O–H groups in total. The zero-order valence-corrected chi connectivity index (χ0v) is 11.0. The van der Waals surface area contributed by atoms with Crippen LogP contribution in [-0.2, 0) is 0 Å². The Morgan fingerprint density at radius 2 is 1.87 bits per heavy atom. The molecule has 0 aliphatic heterocycles. The van der Waals surface area contributed by atoms with Crippen LogP contribution in [0.2, 0.25) is 0 Å². The van der Waals surface area contributed by atoms with Gasteiger partial charge in [-0.15, -0.1) is 0 Å². The second-order valence-corrected chi connectivity index (χ2v) is 4.65. The van der Waals surface area contributed by atoms with Crippen LogP contribution >= 0.6 is 15.9 Å². The van der Waals surface area contributed by atoms with Gasteiger partial charge in [0.25, 0.3) is 0 Å². The minimum absolute atomic E-state index is 0.303. The summed E-state index contributed by atoms with van der Waals surface area (Å²) in [6, 6.07) is 4.00. The van der Waals surface area contributed by atoms with Gasteiger partial charge in [-0.3, -0.25) is 0 Å². The minimum atomic E-state index is -0.303. The molecular formula is C12H17BrO2. The first-order chi connectivity index (χ1) is 7.00. The highest BCUT2D eigenvalue weighted by molar-refractivity contribution is 9.10. The van der Waals surface area contributed by atoms with Crippen molar-refractivity contribution in [3.8, 4) is 5.75 Å². The Kier molecular flexibility index (Phi) is 4.61. The molecular weight excluding hydrogens is 256 g/mol. The van der Waals surface area contributed by atoms with E-state index in [4.69, 9.17) is 9.84 Å². The summed E-state index contributed by atoms with van der Waals surface area (Å²) >= 11 is 3.51. The van der Waals surface area contributed by atoms with Gasteiger partial charge in [-0.05, 0) is 44.0 Å². The highest BCUT2D eigenvalue weighted by Crippen LogP contribution is 2.26. The van der Waals surface area contributed by atoms with Crippen molar-refractivity contribution in [2.45, 2.75) is 33.3 Å². The number of aliphatic hydroxyl groups excluding tert-OH is 1. The van der Waals surface area contributed by atoms with E-state index >= 15 is 0 Å². The summed E-state index contributed by atoms with van der Waals surface area (Å²) in [6.45, 7) is 6.40. The first-order valence-electron chi connectivity index (χ1n) is 5.08. The fraction of sp³-hybridized carbons (Fsp3) is 0.500. The number of ether oxygens (including phenoxy) is 1. The number of rotatable bonds is 4. The zero-order valence-electron chi connectivity index (χ0n) is 9.38. The van der Waals surface area contributed by atoms with Gasteiger partial charge in [0.05, 0.1) is 12.7 Å². The molecule has 0 aliphatic carbocycles. The third kappa shape index (κ3) is 3.84. The van der Waals surface area contributed by atoms with E-state index in [2.05, 4.69) is 15.9 Å². The average Bonchev–Trinajstić information content (AvgIpc) is 2.13. The molecule has 0 fully saturated rings. The molecule has 0 aromatic heterocycles. The second-order valence-electron chi connectivity index (χ2n) is 3.86. The van der Waals surface area contributed by atoms with Crippen molar-refractivity contribution in [1.29, 1.82) is 0 Å². The molecule has 1 unspecified atom stereocenters. The van der Waals surface area contributed by atoms with Gasteiger partial charge in [-0.25, -0.2) is 0 Å². The van der Waals surface area contributed by atoms with E-state index in [0.29, 0.717) is 13.0 Å². The quantitative estimate of drug-likeness (QED) is 0.912. The summed E-state index contributed by atoms with van der Waals surface area (Å²) in [4.78, 5) is 0. The highest BCUT2D eigenvalue weighted by Gasteiger charge is 2.03. The van der Waals surface area contributed by atoms with Gasteiger partial charge in [-0.1, -0.05) is 15.9 Å². The molecule has 1 aromatic rings.